The highest BCUT2D eigenvalue weighted by Gasteiger charge is 2.64. The van der Waals surface area contributed by atoms with Crippen LogP contribution in [0.1, 0.15) is 33.1 Å². The van der Waals surface area contributed by atoms with E-state index < -0.39 is 5.60 Å². The van der Waals surface area contributed by atoms with Crippen molar-refractivity contribution >= 4 is 8.41 Å². The molecule has 77 valence electrons. The third-order valence-corrected chi connectivity index (χ3v) is 5.03. The Balaban J connectivity index is 0.000000750. The second-order valence-corrected chi connectivity index (χ2v) is 5.62. The van der Waals surface area contributed by atoms with Gasteiger partial charge in [0, 0.05) is 26.4 Å². The van der Waals surface area contributed by atoms with Gasteiger partial charge in [-0.3, -0.25) is 4.90 Å². The smallest absolute Gasteiger partial charge is 0.0791 e. The standard InChI is InChI=1S/C11H19NO.B/c1-10(13)7-12-6-5-8-3-4-9(10)11(8,12)2;/h8-9,13H,3-7H2,1-2H3;/t8-,9+,10+,11+;/m0./s1. The molecule has 0 aromatic carbocycles. The van der Waals surface area contributed by atoms with Gasteiger partial charge in [0.25, 0.3) is 0 Å². The summed E-state index contributed by atoms with van der Waals surface area (Å²) in [5.41, 5.74) is -0.0621. The minimum Gasteiger partial charge on any atom is -0.388 e. The van der Waals surface area contributed by atoms with Gasteiger partial charge in [-0.15, -0.1) is 0 Å². The summed E-state index contributed by atoms with van der Waals surface area (Å²) in [4.78, 5) is 2.54. The average molecular weight is 192 g/mol. The van der Waals surface area contributed by atoms with Gasteiger partial charge in [0.1, 0.15) is 0 Å². The van der Waals surface area contributed by atoms with E-state index in [2.05, 4.69) is 11.8 Å². The Morgan fingerprint density at radius 3 is 2.64 bits per heavy atom. The molecule has 2 saturated heterocycles. The van der Waals surface area contributed by atoms with Crippen molar-refractivity contribution in [2.45, 2.75) is 44.2 Å². The van der Waals surface area contributed by atoms with Crippen LogP contribution >= 0.6 is 0 Å². The summed E-state index contributed by atoms with van der Waals surface area (Å²) in [6.07, 6.45) is 3.95. The minimum absolute atomic E-state index is 0. The van der Waals surface area contributed by atoms with Gasteiger partial charge in [0.15, 0.2) is 0 Å². The van der Waals surface area contributed by atoms with Crippen LogP contribution in [0.5, 0.6) is 0 Å². The lowest BCUT2D eigenvalue weighted by Gasteiger charge is -2.33. The fourth-order valence-electron chi connectivity index (χ4n) is 4.39. The highest BCUT2D eigenvalue weighted by Crippen LogP contribution is 2.58. The molecule has 1 aliphatic carbocycles. The summed E-state index contributed by atoms with van der Waals surface area (Å²) in [6.45, 7) is 6.53. The number of hydrogen-bond acceptors (Lipinski definition) is 2. The van der Waals surface area contributed by atoms with Crippen molar-refractivity contribution in [1.82, 2.24) is 4.90 Å². The predicted octanol–water partition coefficient (Wildman–Crippen LogP) is 0.861. The van der Waals surface area contributed by atoms with Crippen LogP contribution in [0.15, 0.2) is 0 Å². The monoisotopic (exact) mass is 192 g/mol. The summed E-state index contributed by atoms with van der Waals surface area (Å²) in [6, 6.07) is 0. The molecular weight excluding hydrogens is 173 g/mol. The SMILES string of the molecule is C[C@@]12[C@H]3CC[C@@H]1[C@](C)(O)CN2CC3.[B]. The fraction of sp³-hybridized carbons (Fsp3) is 1.00. The van der Waals surface area contributed by atoms with Crippen LogP contribution in [0.25, 0.3) is 0 Å². The van der Waals surface area contributed by atoms with Gasteiger partial charge in [-0.2, -0.15) is 0 Å². The van der Waals surface area contributed by atoms with E-state index in [1.165, 1.54) is 25.8 Å². The summed E-state index contributed by atoms with van der Waals surface area (Å²) in [5, 5.41) is 10.3. The zero-order chi connectivity index (χ0) is 9.27. The van der Waals surface area contributed by atoms with Gasteiger partial charge in [0.2, 0.25) is 0 Å². The van der Waals surface area contributed by atoms with E-state index in [9.17, 15) is 5.11 Å². The van der Waals surface area contributed by atoms with Crippen molar-refractivity contribution in [2.24, 2.45) is 11.8 Å². The van der Waals surface area contributed by atoms with E-state index >= 15 is 0 Å². The lowest BCUT2D eigenvalue weighted by Crippen LogP contribution is -2.42. The van der Waals surface area contributed by atoms with Crippen molar-refractivity contribution in [3.8, 4) is 0 Å². The molecule has 2 heterocycles. The van der Waals surface area contributed by atoms with Crippen molar-refractivity contribution < 1.29 is 5.11 Å². The van der Waals surface area contributed by atoms with Crippen molar-refractivity contribution in [3.05, 3.63) is 0 Å². The molecule has 3 fully saturated rings. The molecule has 0 unspecified atom stereocenters. The van der Waals surface area contributed by atoms with Crippen LogP contribution in [0.2, 0.25) is 0 Å². The Morgan fingerprint density at radius 2 is 1.93 bits per heavy atom. The van der Waals surface area contributed by atoms with E-state index in [4.69, 9.17) is 0 Å². The second-order valence-electron chi connectivity index (χ2n) is 5.62. The Kier molecular flexibility index (Phi) is 2.07. The summed E-state index contributed by atoms with van der Waals surface area (Å²) < 4.78 is 0. The fourth-order valence-corrected chi connectivity index (χ4v) is 4.39. The molecule has 3 rings (SSSR count). The van der Waals surface area contributed by atoms with E-state index in [-0.39, 0.29) is 8.41 Å². The highest BCUT2D eigenvalue weighted by atomic mass is 16.3. The molecule has 3 aliphatic rings. The zero-order valence-electron chi connectivity index (χ0n) is 9.16. The van der Waals surface area contributed by atoms with Gasteiger partial charge in [0.05, 0.1) is 5.60 Å². The number of aliphatic hydroxyl groups is 1. The van der Waals surface area contributed by atoms with Crippen molar-refractivity contribution in [1.29, 1.82) is 0 Å². The van der Waals surface area contributed by atoms with E-state index in [0.29, 0.717) is 11.5 Å². The molecule has 0 bridgehead atoms. The molecule has 0 amide bonds. The maximum absolute atomic E-state index is 10.3. The summed E-state index contributed by atoms with van der Waals surface area (Å²) >= 11 is 0. The van der Waals surface area contributed by atoms with E-state index in [1.807, 2.05) is 6.92 Å². The Labute approximate surface area is 88.2 Å². The number of rotatable bonds is 0. The first-order chi connectivity index (χ1) is 6.05. The maximum Gasteiger partial charge on any atom is 0.0791 e. The molecule has 4 atom stereocenters. The molecular formula is C11H19BNO. The molecule has 1 N–H and O–H groups in total. The van der Waals surface area contributed by atoms with Gasteiger partial charge in [-0.05, 0) is 45.6 Å². The molecule has 3 heteroatoms. The summed E-state index contributed by atoms with van der Waals surface area (Å²) in [5.74, 6) is 1.40. The molecule has 14 heavy (non-hydrogen) atoms. The molecule has 1 saturated carbocycles. The first kappa shape index (κ1) is 10.5. The molecule has 0 aromatic heterocycles. The molecule has 2 nitrogen and oxygen atoms in total. The number of hydrogen-bond donors (Lipinski definition) is 1. The minimum atomic E-state index is -0.413. The van der Waals surface area contributed by atoms with Crippen LogP contribution < -0.4 is 0 Å². The maximum atomic E-state index is 10.3. The molecule has 3 radical (unpaired) electrons. The van der Waals surface area contributed by atoms with E-state index in [0.717, 1.165) is 12.5 Å². The lowest BCUT2D eigenvalue weighted by molar-refractivity contribution is 0.0224. The normalized spacial score (nSPS) is 55.9. The predicted molar refractivity (Wildman–Crippen MR) is 57.2 cm³/mol. The lowest BCUT2D eigenvalue weighted by atomic mass is 9.79. The van der Waals surface area contributed by atoms with Crippen molar-refractivity contribution in [3.63, 3.8) is 0 Å². The first-order valence-electron chi connectivity index (χ1n) is 5.52. The average Bonchev–Trinajstić information content (AvgIpc) is 2.54. The van der Waals surface area contributed by atoms with Crippen LogP contribution in [-0.4, -0.2) is 42.6 Å². The second kappa shape index (κ2) is 2.76. The Bertz CT molecular complexity index is 256. The zero-order valence-corrected chi connectivity index (χ0v) is 9.16. The Hall–Kier alpha value is -0.0151. The molecule has 0 aromatic rings. The van der Waals surface area contributed by atoms with Crippen LogP contribution in [-0.2, 0) is 0 Å². The van der Waals surface area contributed by atoms with Crippen LogP contribution in [0, 0.1) is 11.8 Å². The van der Waals surface area contributed by atoms with Crippen LogP contribution in [0.3, 0.4) is 0 Å². The third-order valence-electron chi connectivity index (χ3n) is 5.03. The van der Waals surface area contributed by atoms with Gasteiger partial charge >= 0.3 is 0 Å². The third kappa shape index (κ3) is 0.952. The largest absolute Gasteiger partial charge is 0.388 e. The Morgan fingerprint density at radius 1 is 1.21 bits per heavy atom. The molecule has 0 spiro atoms. The number of β-amino-alcohol motifs (C(OH)–C–C–N with tert-alkyl or cyclic N) is 1. The van der Waals surface area contributed by atoms with Gasteiger partial charge in [-0.1, -0.05) is 0 Å². The number of nitrogens with zero attached hydrogens (tertiary/aromatic N) is 1. The van der Waals surface area contributed by atoms with Gasteiger partial charge < -0.3 is 5.11 Å². The van der Waals surface area contributed by atoms with Crippen LogP contribution in [0.4, 0.5) is 0 Å². The van der Waals surface area contributed by atoms with Gasteiger partial charge in [-0.25, -0.2) is 0 Å². The molecule has 2 aliphatic heterocycles. The topological polar surface area (TPSA) is 23.5 Å². The summed E-state index contributed by atoms with van der Waals surface area (Å²) in [7, 11) is 0. The first-order valence-corrected chi connectivity index (χ1v) is 5.52. The van der Waals surface area contributed by atoms with Crippen molar-refractivity contribution in [2.75, 3.05) is 13.1 Å². The quantitative estimate of drug-likeness (QED) is 0.575. The highest BCUT2D eigenvalue weighted by molar-refractivity contribution is 5.75. The van der Waals surface area contributed by atoms with E-state index in [1.54, 1.807) is 0 Å².